The van der Waals surface area contributed by atoms with Crippen molar-refractivity contribution in [2.24, 2.45) is 0 Å². The van der Waals surface area contributed by atoms with Gasteiger partial charge in [0, 0.05) is 24.6 Å². The zero-order valence-corrected chi connectivity index (χ0v) is 15.5. The average Bonchev–Trinajstić information content (AvgIpc) is 3.21. The average molecular weight is 425 g/mol. The van der Waals surface area contributed by atoms with E-state index in [4.69, 9.17) is 9.52 Å². The number of alkyl halides is 3. The summed E-state index contributed by atoms with van der Waals surface area (Å²) in [7, 11) is 0. The molecule has 10 heteroatoms. The van der Waals surface area contributed by atoms with E-state index in [-0.39, 0.29) is 41.4 Å². The predicted molar refractivity (Wildman–Crippen MR) is 98.7 cm³/mol. The molecule has 1 aliphatic heterocycles. The molecule has 3 rings (SSSR count). The predicted octanol–water partition coefficient (Wildman–Crippen LogP) is 4.87. The van der Waals surface area contributed by atoms with Crippen molar-refractivity contribution >= 4 is 35.0 Å². The molecule has 1 N–H and O–H groups in total. The van der Waals surface area contributed by atoms with Crippen molar-refractivity contribution in [3.05, 3.63) is 52.6 Å². The minimum atomic E-state index is -4.55. The second-order valence-corrected chi connectivity index (χ2v) is 7.07. The molecule has 1 fully saturated rings. The molecule has 0 bridgehead atoms. The molecule has 1 aromatic heterocycles. The maximum atomic E-state index is 13.2. The Hall–Kier alpha value is -3.01. The molecule has 0 spiro atoms. The lowest BCUT2D eigenvalue weighted by Gasteiger charge is -2.10. The van der Waals surface area contributed by atoms with Crippen LogP contribution in [-0.4, -0.2) is 33.7 Å². The number of benzene rings is 1. The molecule has 2 aromatic rings. The summed E-state index contributed by atoms with van der Waals surface area (Å²) in [5, 5.41) is 8.10. The lowest BCUT2D eigenvalue weighted by molar-refractivity contribution is -0.138. The highest BCUT2D eigenvalue weighted by molar-refractivity contribution is 8.18. The number of carboxylic acid groups (broad SMARTS) is 1. The van der Waals surface area contributed by atoms with E-state index in [0.717, 1.165) is 11.0 Å². The Morgan fingerprint density at radius 3 is 2.59 bits per heavy atom. The third kappa shape index (κ3) is 4.70. The van der Waals surface area contributed by atoms with Crippen molar-refractivity contribution in [3.8, 4) is 11.3 Å². The molecule has 0 aliphatic carbocycles. The highest BCUT2D eigenvalue weighted by Gasteiger charge is 2.36. The maximum absolute atomic E-state index is 13.2. The summed E-state index contributed by atoms with van der Waals surface area (Å²) in [6.07, 6.45) is -3.33. The zero-order valence-electron chi connectivity index (χ0n) is 14.7. The summed E-state index contributed by atoms with van der Waals surface area (Å²) < 4.78 is 45.0. The van der Waals surface area contributed by atoms with Gasteiger partial charge in [0.25, 0.3) is 11.1 Å². The zero-order chi connectivity index (χ0) is 21.2. The van der Waals surface area contributed by atoms with Crippen LogP contribution in [0.1, 0.15) is 24.2 Å². The van der Waals surface area contributed by atoms with E-state index in [2.05, 4.69) is 0 Å². The summed E-state index contributed by atoms with van der Waals surface area (Å²) in [5.41, 5.74) is -0.985. The monoisotopic (exact) mass is 425 g/mol. The Kier molecular flexibility index (Phi) is 5.83. The van der Waals surface area contributed by atoms with Crippen LogP contribution >= 0.6 is 11.8 Å². The first-order chi connectivity index (χ1) is 13.7. The Labute approximate surface area is 167 Å². The van der Waals surface area contributed by atoms with E-state index >= 15 is 0 Å². The fourth-order valence-electron chi connectivity index (χ4n) is 2.73. The molecule has 0 atom stereocenters. The van der Waals surface area contributed by atoms with Crippen LogP contribution in [0, 0.1) is 0 Å². The first-order valence-corrected chi connectivity index (χ1v) is 9.22. The molecule has 152 valence electrons. The van der Waals surface area contributed by atoms with Gasteiger partial charge in [0.15, 0.2) is 0 Å². The number of amides is 2. The first-order valence-electron chi connectivity index (χ1n) is 8.40. The van der Waals surface area contributed by atoms with E-state index in [0.29, 0.717) is 11.8 Å². The van der Waals surface area contributed by atoms with Crippen LogP contribution in [0.3, 0.4) is 0 Å². The number of nitrogens with zero attached hydrogens (tertiary/aromatic N) is 1. The maximum Gasteiger partial charge on any atom is 0.417 e. The molecular formula is C19H14F3NO5S. The molecule has 0 unspecified atom stereocenters. The summed E-state index contributed by atoms with van der Waals surface area (Å²) in [6, 6.07) is 7.71. The number of carboxylic acids is 1. The van der Waals surface area contributed by atoms with Crippen molar-refractivity contribution < 1.29 is 37.1 Å². The Morgan fingerprint density at radius 2 is 1.90 bits per heavy atom. The fraction of sp³-hybridized carbons (Fsp3) is 0.211. The lowest BCUT2D eigenvalue weighted by atomic mass is 10.1. The van der Waals surface area contributed by atoms with Crippen LogP contribution in [-0.2, 0) is 15.8 Å². The van der Waals surface area contributed by atoms with Gasteiger partial charge in [-0.3, -0.25) is 19.3 Å². The number of hydrogen-bond acceptors (Lipinski definition) is 5. The second kappa shape index (κ2) is 8.16. The van der Waals surface area contributed by atoms with Gasteiger partial charge in [0.1, 0.15) is 11.5 Å². The van der Waals surface area contributed by atoms with Crippen molar-refractivity contribution in [3.63, 3.8) is 0 Å². The number of hydrogen-bond donors (Lipinski definition) is 1. The van der Waals surface area contributed by atoms with Crippen LogP contribution in [0.25, 0.3) is 17.4 Å². The van der Waals surface area contributed by atoms with Crippen molar-refractivity contribution in [2.75, 3.05) is 6.54 Å². The van der Waals surface area contributed by atoms with Gasteiger partial charge in [0.2, 0.25) is 0 Å². The molecule has 1 aliphatic rings. The largest absolute Gasteiger partial charge is 0.481 e. The van der Waals surface area contributed by atoms with Crippen molar-refractivity contribution in [2.45, 2.75) is 19.0 Å². The van der Waals surface area contributed by atoms with Gasteiger partial charge in [-0.1, -0.05) is 18.2 Å². The SMILES string of the molecule is O=C(O)CCCN1C(=O)SC(=Cc2ccc(-c3ccccc3C(F)(F)F)o2)C1=O. The number of carbonyl (C=O) groups is 3. The molecule has 1 saturated heterocycles. The summed E-state index contributed by atoms with van der Waals surface area (Å²) >= 11 is 0.659. The van der Waals surface area contributed by atoms with Crippen LogP contribution in [0.2, 0.25) is 0 Å². The van der Waals surface area contributed by atoms with Gasteiger partial charge < -0.3 is 9.52 Å². The number of furan rings is 1. The quantitative estimate of drug-likeness (QED) is 0.665. The second-order valence-electron chi connectivity index (χ2n) is 6.08. The van der Waals surface area contributed by atoms with Crippen LogP contribution in [0.5, 0.6) is 0 Å². The highest BCUT2D eigenvalue weighted by Crippen LogP contribution is 2.38. The number of aliphatic carboxylic acids is 1. The van der Waals surface area contributed by atoms with Gasteiger partial charge in [-0.2, -0.15) is 13.2 Å². The van der Waals surface area contributed by atoms with Crippen LogP contribution in [0.15, 0.2) is 45.7 Å². The number of thioether (sulfide) groups is 1. The normalized spacial score (nSPS) is 16.1. The molecule has 1 aromatic carbocycles. The number of imide groups is 1. The highest BCUT2D eigenvalue weighted by atomic mass is 32.2. The fourth-order valence-corrected chi connectivity index (χ4v) is 3.58. The lowest BCUT2D eigenvalue weighted by Crippen LogP contribution is -2.29. The van der Waals surface area contributed by atoms with Gasteiger partial charge in [-0.25, -0.2) is 0 Å². The first kappa shape index (κ1) is 20.7. The summed E-state index contributed by atoms with van der Waals surface area (Å²) in [6.45, 7) is -0.0311. The minimum absolute atomic E-state index is 0.0233. The third-order valence-electron chi connectivity index (χ3n) is 4.04. The van der Waals surface area contributed by atoms with Crippen LogP contribution < -0.4 is 0 Å². The molecule has 29 heavy (non-hydrogen) atoms. The third-order valence-corrected chi connectivity index (χ3v) is 4.95. The Morgan fingerprint density at radius 1 is 1.17 bits per heavy atom. The molecule has 0 saturated carbocycles. The number of rotatable bonds is 6. The summed E-state index contributed by atoms with van der Waals surface area (Å²) in [4.78, 5) is 35.8. The molecule has 2 heterocycles. The van der Waals surface area contributed by atoms with E-state index in [1.165, 1.54) is 36.4 Å². The van der Waals surface area contributed by atoms with Gasteiger partial charge in [-0.05, 0) is 36.4 Å². The number of carbonyl (C=O) groups excluding carboxylic acids is 2. The summed E-state index contributed by atoms with van der Waals surface area (Å²) in [5.74, 6) is -1.54. The molecule has 2 amide bonds. The Balaban J connectivity index is 1.80. The van der Waals surface area contributed by atoms with Gasteiger partial charge in [0.05, 0.1) is 10.5 Å². The van der Waals surface area contributed by atoms with E-state index in [9.17, 15) is 27.6 Å². The van der Waals surface area contributed by atoms with Crippen molar-refractivity contribution in [1.29, 1.82) is 0 Å². The van der Waals surface area contributed by atoms with Crippen LogP contribution in [0.4, 0.5) is 18.0 Å². The van der Waals surface area contributed by atoms with E-state index in [1.807, 2.05) is 0 Å². The molecular weight excluding hydrogens is 411 g/mol. The minimum Gasteiger partial charge on any atom is -0.481 e. The number of halogens is 3. The van der Waals surface area contributed by atoms with Gasteiger partial charge in [-0.15, -0.1) is 0 Å². The molecule has 6 nitrogen and oxygen atoms in total. The standard InChI is InChI=1S/C19H14F3NO5S/c20-19(21,22)13-5-2-1-4-12(13)14-8-7-11(28-14)10-15-17(26)23(18(27)29-15)9-3-6-16(24)25/h1-2,4-5,7-8,10H,3,6,9H2,(H,24,25). The Bertz CT molecular complexity index is 996. The smallest absolute Gasteiger partial charge is 0.417 e. The van der Waals surface area contributed by atoms with Crippen molar-refractivity contribution in [1.82, 2.24) is 4.90 Å². The van der Waals surface area contributed by atoms with Gasteiger partial charge >= 0.3 is 12.1 Å². The van der Waals surface area contributed by atoms with E-state index in [1.54, 1.807) is 0 Å². The topological polar surface area (TPSA) is 87.8 Å². The van der Waals surface area contributed by atoms with E-state index < -0.39 is 28.9 Å². The molecule has 0 radical (unpaired) electrons.